The van der Waals surface area contributed by atoms with Crippen LogP contribution in [0.5, 0.6) is 0 Å². The van der Waals surface area contributed by atoms with Crippen LogP contribution in [0.25, 0.3) is 11.5 Å². The number of H-pyrrole nitrogens is 1. The Morgan fingerprint density at radius 2 is 2.03 bits per heavy atom. The van der Waals surface area contributed by atoms with Gasteiger partial charge in [-0.05, 0) is 38.1 Å². The summed E-state index contributed by atoms with van der Waals surface area (Å²) in [5, 5.41) is 3.75. The van der Waals surface area contributed by atoms with Crippen molar-refractivity contribution in [3.63, 3.8) is 0 Å². The lowest BCUT2D eigenvalue weighted by Gasteiger charge is -2.32. The van der Waals surface area contributed by atoms with Crippen molar-refractivity contribution in [3.05, 3.63) is 71.2 Å². The number of pyridine rings is 1. The van der Waals surface area contributed by atoms with Gasteiger partial charge in [-0.2, -0.15) is 4.31 Å². The van der Waals surface area contributed by atoms with E-state index in [9.17, 15) is 8.42 Å². The Kier molecular flexibility index (Phi) is 4.33. The van der Waals surface area contributed by atoms with Gasteiger partial charge in [-0.1, -0.05) is 11.2 Å². The minimum absolute atomic E-state index is 0.161. The van der Waals surface area contributed by atoms with Gasteiger partial charge in [0.25, 0.3) is 10.0 Å². The molecule has 1 atom stereocenters. The van der Waals surface area contributed by atoms with Crippen LogP contribution in [-0.2, 0) is 16.4 Å². The average molecular weight is 425 g/mol. The third-order valence-corrected chi connectivity index (χ3v) is 7.11. The number of furan rings is 1. The largest absolute Gasteiger partial charge is 0.440 e. The molecule has 4 aromatic rings. The monoisotopic (exact) mass is 425 g/mol. The third kappa shape index (κ3) is 2.87. The fraction of sp³-hybridized carbons (Fsp3) is 0.250. The molecule has 0 amide bonds. The highest BCUT2D eigenvalue weighted by molar-refractivity contribution is 7.89. The molecular weight excluding hydrogens is 406 g/mol. The zero-order valence-corrected chi connectivity index (χ0v) is 17.2. The SMILES string of the molecule is Cc1noc(-c2ccc(S(=O)(=O)N3CCc4[nH]cnc4C3c3ccccn3)o2)c1C. The van der Waals surface area contributed by atoms with E-state index < -0.39 is 16.1 Å². The summed E-state index contributed by atoms with van der Waals surface area (Å²) in [6.07, 6.45) is 3.74. The number of hydrogen-bond donors (Lipinski definition) is 1. The first kappa shape index (κ1) is 18.8. The molecule has 1 aliphatic heterocycles. The minimum atomic E-state index is -3.96. The normalized spacial score (nSPS) is 17.2. The number of nitrogens with zero attached hydrogens (tertiary/aromatic N) is 4. The lowest BCUT2D eigenvalue weighted by molar-refractivity contribution is 0.318. The first-order valence-corrected chi connectivity index (χ1v) is 10.9. The van der Waals surface area contributed by atoms with Crippen LogP contribution in [0.4, 0.5) is 0 Å². The molecule has 5 heterocycles. The molecule has 0 saturated heterocycles. The van der Waals surface area contributed by atoms with Gasteiger partial charge in [0.2, 0.25) is 10.9 Å². The number of aromatic nitrogens is 4. The zero-order valence-electron chi connectivity index (χ0n) is 16.4. The lowest BCUT2D eigenvalue weighted by atomic mass is 10.0. The number of aromatic amines is 1. The maximum atomic E-state index is 13.6. The van der Waals surface area contributed by atoms with Crippen molar-refractivity contribution < 1.29 is 17.4 Å². The summed E-state index contributed by atoms with van der Waals surface area (Å²) < 4.78 is 39.5. The maximum Gasteiger partial charge on any atom is 0.277 e. The van der Waals surface area contributed by atoms with Crippen molar-refractivity contribution in [1.82, 2.24) is 24.4 Å². The van der Waals surface area contributed by atoms with E-state index in [-0.39, 0.29) is 11.6 Å². The van der Waals surface area contributed by atoms with E-state index in [4.69, 9.17) is 8.94 Å². The first-order chi connectivity index (χ1) is 14.5. The smallest absolute Gasteiger partial charge is 0.277 e. The van der Waals surface area contributed by atoms with Crippen LogP contribution in [0.3, 0.4) is 0 Å². The fourth-order valence-electron chi connectivity index (χ4n) is 3.68. The Morgan fingerprint density at radius 3 is 2.77 bits per heavy atom. The Morgan fingerprint density at radius 1 is 1.17 bits per heavy atom. The molecule has 1 aliphatic rings. The molecule has 154 valence electrons. The molecular formula is C20H19N5O4S. The van der Waals surface area contributed by atoms with Gasteiger partial charge in [-0.25, -0.2) is 13.4 Å². The van der Waals surface area contributed by atoms with Crippen LogP contribution in [0.15, 0.2) is 56.9 Å². The summed E-state index contributed by atoms with van der Waals surface area (Å²) in [5.74, 6) is 0.738. The molecule has 10 heteroatoms. The van der Waals surface area contributed by atoms with Gasteiger partial charge < -0.3 is 13.9 Å². The van der Waals surface area contributed by atoms with Crippen molar-refractivity contribution in [2.24, 2.45) is 0 Å². The number of rotatable bonds is 4. The van der Waals surface area contributed by atoms with Gasteiger partial charge in [-0.15, -0.1) is 0 Å². The Labute approximate surface area is 172 Å². The summed E-state index contributed by atoms with van der Waals surface area (Å²) in [6.45, 7) is 3.93. The molecule has 0 radical (unpaired) electrons. The van der Waals surface area contributed by atoms with Gasteiger partial charge >= 0.3 is 0 Å². The zero-order chi connectivity index (χ0) is 20.9. The van der Waals surface area contributed by atoms with Crippen LogP contribution < -0.4 is 0 Å². The molecule has 1 N–H and O–H groups in total. The van der Waals surface area contributed by atoms with Gasteiger partial charge in [0.05, 0.1) is 23.4 Å². The first-order valence-electron chi connectivity index (χ1n) is 9.45. The molecule has 9 nitrogen and oxygen atoms in total. The third-order valence-electron chi connectivity index (χ3n) is 5.37. The van der Waals surface area contributed by atoms with Gasteiger partial charge in [0.1, 0.15) is 6.04 Å². The van der Waals surface area contributed by atoms with Crippen LogP contribution in [0, 0.1) is 13.8 Å². The molecule has 1 unspecified atom stereocenters. The Balaban J connectivity index is 1.58. The molecule has 0 saturated carbocycles. The van der Waals surface area contributed by atoms with Crippen LogP contribution in [0.1, 0.15) is 34.4 Å². The highest BCUT2D eigenvalue weighted by Gasteiger charge is 2.41. The minimum Gasteiger partial charge on any atom is -0.440 e. The van der Waals surface area contributed by atoms with Gasteiger partial charge in [0, 0.05) is 30.4 Å². The Hall–Kier alpha value is -3.24. The molecule has 0 fully saturated rings. The summed E-state index contributed by atoms with van der Waals surface area (Å²) >= 11 is 0. The van der Waals surface area contributed by atoms with E-state index >= 15 is 0 Å². The molecule has 0 bridgehead atoms. The summed E-state index contributed by atoms with van der Waals surface area (Å²) in [6, 6.07) is 7.79. The number of aryl methyl sites for hydroxylation is 1. The second kappa shape index (κ2) is 6.92. The molecule has 0 aliphatic carbocycles. The summed E-state index contributed by atoms with van der Waals surface area (Å²) in [7, 11) is -3.96. The van der Waals surface area contributed by atoms with Crippen LogP contribution >= 0.6 is 0 Å². The number of imidazole rings is 1. The predicted molar refractivity (Wildman–Crippen MR) is 106 cm³/mol. The van der Waals surface area contributed by atoms with E-state index in [1.165, 1.54) is 10.4 Å². The van der Waals surface area contributed by atoms with Gasteiger partial charge in [0.15, 0.2) is 5.76 Å². The maximum absolute atomic E-state index is 13.6. The summed E-state index contributed by atoms with van der Waals surface area (Å²) in [5.41, 5.74) is 3.69. The Bertz CT molecular complexity index is 1310. The molecule has 5 rings (SSSR count). The van der Waals surface area contributed by atoms with Gasteiger partial charge in [-0.3, -0.25) is 4.98 Å². The molecule has 0 aromatic carbocycles. The van der Waals surface area contributed by atoms with Crippen molar-refractivity contribution >= 4 is 10.0 Å². The van der Waals surface area contributed by atoms with E-state index in [2.05, 4.69) is 20.1 Å². The van der Waals surface area contributed by atoms with Crippen molar-refractivity contribution in [3.8, 4) is 11.5 Å². The van der Waals surface area contributed by atoms with E-state index in [0.29, 0.717) is 29.3 Å². The average Bonchev–Trinajstić information content (AvgIpc) is 3.49. The van der Waals surface area contributed by atoms with Crippen LogP contribution in [0.2, 0.25) is 0 Å². The second-order valence-corrected chi connectivity index (χ2v) is 8.95. The molecule has 30 heavy (non-hydrogen) atoms. The highest BCUT2D eigenvalue weighted by atomic mass is 32.2. The standard InChI is InChI=1S/C20H19N5O4S/c1-12-13(2)24-29-20(12)16-6-7-17(28-16)30(26,27)25-10-8-14-18(23-11-22-14)19(25)15-5-3-4-9-21-15/h3-7,9,11,19H,8,10H2,1-2H3,(H,22,23). The molecule has 0 spiro atoms. The number of hydrogen-bond acceptors (Lipinski definition) is 7. The molecule has 4 aromatic heterocycles. The number of nitrogens with one attached hydrogen (secondary N) is 1. The summed E-state index contributed by atoms with van der Waals surface area (Å²) in [4.78, 5) is 11.9. The second-order valence-electron chi connectivity index (χ2n) is 7.13. The number of fused-ring (bicyclic) bond motifs is 1. The number of sulfonamides is 1. The topological polar surface area (TPSA) is 118 Å². The fourth-order valence-corrected chi connectivity index (χ4v) is 5.16. The predicted octanol–water partition coefficient (Wildman–Crippen LogP) is 3.01. The highest BCUT2D eigenvalue weighted by Crippen LogP contribution is 2.38. The quantitative estimate of drug-likeness (QED) is 0.534. The van der Waals surface area contributed by atoms with E-state index in [0.717, 1.165) is 17.0 Å². The van der Waals surface area contributed by atoms with E-state index in [1.807, 2.05) is 19.9 Å². The van der Waals surface area contributed by atoms with Crippen molar-refractivity contribution in [1.29, 1.82) is 0 Å². The van der Waals surface area contributed by atoms with E-state index in [1.54, 1.807) is 30.7 Å². The van der Waals surface area contributed by atoms with Crippen molar-refractivity contribution in [2.75, 3.05) is 6.54 Å². The lowest BCUT2D eigenvalue weighted by Crippen LogP contribution is -2.40. The van der Waals surface area contributed by atoms with Crippen LogP contribution in [-0.4, -0.2) is 39.4 Å². The van der Waals surface area contributed by atoms with Crippen molar-refractivity contribution in [2.45, 2.75) is 31.4 Å².